The van der Waals surface area contributed by atoms with Crippen LogP contribution in [0.15, 0.2) is 41.5 Å². The minimum absolute atomic E-state index is 0.0582. The quantitative estimate of drug-likeness (QED) is 0.795. The average molecular weight is 286 g/mol. The summed E-state index contributed by atoms with van der Waals surface area (Å²) in [6.07, 6.45) is 5.56. The van der Waals surface area contributed by atoms with Gasteiger partial charge in [0.05, 0.1) is 0 Å². The Bertz CT molecular complexity index is 621. The molecular weight excluding hydrogens is 264 g/mol. The average Bonchev–Trinajstić information content (AvgIpc) is 2.49. The van der Waals surface area contributed by atoms with E-state index in [1.807, 2.05) is 18.3 Å². The van der Waals surface area contributed by atoms with Crippen LogP contribution in [0.1, 0.15) is 38.4 Å². The van der Waals surface area contributed by atoms with E-state index in [4.69, 9.17) is 0 Å². The lowest BCUT2D eigenvalue weighted by Crippen LogP contribution is -2.18. The Morgan fingerprint density at radius 3 is 2.86 bits per heavy atom. The first-order valence-electron chi connectivity index (χ1n) is 7.39. The molecule has 0 aliphatic heterocycles. The van der Waals surface area contributed by atoms with Crippen LogP contribution >= 0.6 is 0 Å². The molecule has 0 saturated heterocycles. The second-order valence-corrected chi connectivity index (χ2v) is 5.32. The number of rotatable bonds is 7. The van der Waals surface area contributed by atoms with Crippen molar-refractivity contribution >= 4 is 5.82 Å². The molecule has 0 aromatic carbocycles. The summed E-state index contributed by atoms with van der Waals surface area (Å²) in [7, 11) is 0. The summed E-state index contributed by atoms with van der Waals surface area (Å²) in [5, 5.41) is 3.30. The van der Waals surface area contributed by atoms with Gasteiger partial charge in [0.25, 0.3) is 0 Å². The van der Waals surface area contributed by atoms with Crippen molar-refractivity contribution in [3.8, 4) is 0 Å². The Morgan fingerprint density at radius 2 is 2.10 bits per heavy atom. The van der Waals surface area contributed by atoms with Gasteiger partial charge >= 0.3 is 0 Å². The van der Waals surface area contributed by atoms with Gasteiger partial charge in [-0.05, 0) is 25.0 Å². The summed E-state index contributed by atoms with van der Waals surface area (Å²) < 4.78 is 1.74. The largest absolute Gasteiger partial charge is 0.370 e. The van der Waals surface area contributed by atoms with E-state index in [-0.39, 0.29) is 5.56 Å². The predicted octanol–water partition coefficient (Wildman–Crippen LogP) is 2.65. The lowest BCUT2D eigenvalue weighted by molar-refractivity contribution is 0.604. The molecule has 0 fully saturated rings. The third-order valence-corrected chi connectivity index (χ3v) is 3.22. The summed E-state index contributed by atoms with van der Waals surface area (Å²) in [5.74, 6) is 2.05. The SMILES string of the molecule is CC(C)c1nccc(NCCCCn2ccccc2=O)n1. The normalized spacial score (nSPS) is 10.8. The molecule has 0 bridgehead atoms. The highest BCUT2D eigenvalue weighted by molar-refractivity contribution is 5.33. The number of unbranched alkanes of at least 4 members (excludes halogenated alkanes) is 1. The summed E-state index contributed by atoms with van der Waals surface area (Å²) >= 11 is 0. The van der Waals surface area contributed by atoms with Crippen molar-refractivity contribution < 1.29 is 0 Å². The maximum absolute atomic E-state index is 11.5. The standard InChI is InChI=1S/C16H22N4O/c1-13(2)16-18-10-8-14(19-16)17-9-4-6-12-20-11-5-3-7-15(20)21/h3,5,7-8,10-11,13H,4,6,9,12H2,1-2H3,(H,17,18,19). The van der Waals surface area contributed by atoms with E-state index in [1.54, 1.807) is 22.9 Å². The highest BCUT2D eigenvalue weighted by atomic mass is 16.1. The Kier molecular flexibility index (Phi) is 5.49. The second kappa shape index (κ2) is 7.57. The van der Waals surface area contributed by atoms with Crippen molar-refractivity contribution in [1.29, 1.82) is 0 Å². The van der Waals surface area contributed by atoms with Gasteiger partial charge in [-0.3, -0.25) is 4.79 Å². The Labute approximate surface area is 125 Å². The first-order chi connectivity index (χ1) is 10.2. The van der Waals surface area contributed by atoms with Gasteiger partial charge < -0.3 is 9.88 Å². The molecule has 0 radical (unpaired) electrons. The molecule has 0 aliphatic carbocycles. The smallest absolute Gasteiger partial charge is 0.250 e. The highest BCUT2D eigenvalue weighted by Gasteiger charge is 2.03. The van der Waals surface area contributed by atoms with E-state index < -0.39 is 0 Å². The lowest BCUT2D eigenvalue weighted by atomic mass is 10.2. The number of nitrogens with zero attached hydrogens (tertiary/aromatic N) is 3. The van der Waals surface area contributed by atoms with Crippen LogP contribution in [0, 0.1) is 0 Å². The number of hydrogen-bond acceptors (Lipinski definition) is 4. The maximum atomic E-state index is 11.5. The van der Waals surface area contributed by atoms with Crippen molar-refractivity contribution in [2.45, 2.75) is 39.2 Å². The molecule has 5 nitrogen and oxygen atoms in total. The van der Waals surface area contributed by atoms with E-state index in [0.29, 0.717) is 5.92 Å². The number of aromatic nitrogens is 3. The van der Waals surface area contributed by atoms with E-state index in [2.05, 4.69) is 29.1 Å². The molecule has 0 saturated carbocycles. The molecule has 112 valence electrons. The molecule has 0 spiro atoms. The summed E-state index contributed by atoms with van der Waals surface area (Å²) in [6, 6.07) is 7.12. The van der Waals surface area contributed by atoms with Gasteiger partial charge in [-0.25, -0.2) is 9.97 Å². The van der Waals surface area contributed by atoms with Gasteiger partial charge in [0.1, 0.15) is 11.6 Å². The molecule has 5 heteroatoms. The van der Waals surface area contributed by atoms with Crippen LogP contribution < -0.4 is 10.9 Å². The second-order valence-electron chi connectivity index (χ2n) is 5.32. The molecular formula is C16H22N4O. The minimum atomic E-state index is 0.0582. The lowest BCUT2D eigenvalue weighted by Gasteiger charge is -2.09. The number of anilines is 1. The molecule has 21 heavy (non-hydrogen) atoms. The Hall–Kier alpha value is -2.17. The van der Waals surface area contributed by atoms with Crippen molar-refractivity contribution in [1.82, 2.24) is 14.5 Å². The maximum Gasteiger partial charge on any atom is 0.250 e. The van der Waals surface area contributed by atoms with Crippen LogP contribution in [0.2, 0.25) is 0 Å². The zero-order valence-electron chi connectivity index (χ0n) is 12.6. The molecule has 0 aliphatic rings. The molecule has 0 amide bonds. The van der Waals surface area contributed by atoms with E-state index in [1.165, 1.54) is 0 Å². The van der Waals surface area contributed by atoms with Crippen LogP contribution in [0.4, 0.5) is 5.82 Å². The zero-order valence-corrected chi connectivity index (χ0v) is 12.6. The number of pyridine rings is 1. The van der Waals surface area contributed by atoms with Crippen LogP contribution in [-0.4, -0.2) is 21.1 Å². The van der Waals surface area contributed by atoms with Crippen molar-refractivity contribution in [2.24, 2.45) is 0 Å². The minimum Gasteiger partial charge on any atom is -0.370 e. The van der Waals surface area contributed by atoms with Gasteiger partial charge in [-0.2, -0.15) is 0 Å². The molecule has 1 N–H and O–H groups in total. The Morgan fingerprint density at radius 1 is 1.24 bits per heavy atom. The monoisotopic (exact) mass is 286 g/mol. The van der Waals surface area contributed by atoms with E-state index in [0.717, 1.165) is 37.6 Å². The zero-order chi connectivity index (χ0) is 15.1. The van der Waals surface area contributed by atoms with Crippen molar-refractivity contribution in [2.75, 3.05) is 11.9 Å². The first kappa shape index (κ1) is 15.2. The third kappa shape index (κ3) is 4.70. The van der Waals surface area contributed by atoms with Gasteiger partial charge in [0.2, 0.25) is 5.56 Å². The van der Waals surface area contributed by atoms with Crippen LogP contribution in [0.3, 0.4) is 0 Å². The molecule has 2 rings (SSSR count). The summed E-state index contributed by atoms with van der Waals surface area (Å²) in [5.41, 5.74) is 0.0582. The first-order valence-corrected chi connectivity index (χ1v) is 7.39. The van der Waals surface area contributed by atoms with Crippen LogP contribution in [-0.2, 0) is 6.54 Å². The van der Waals surface area contributed by atoms with Gasteiger partial charge in [-0.15, -0.1) is 0 Å². The number of hydrogen-bond donors (Lipinski definition) is 1. The third-order valence-electron chi connectivity index (χ3n) is 3.22. The van der Waals surface area contributed by atoms with E-state index in [9.17, 15) is 4.79 Å². The molecule has 2 heterocycles. The fraction of sp³-hybridized carbons (Fsp3) is 0.438. The van der Waals surface area contributed by atoms with Gasteiger partial charge in [-0.1, -0.05) is 19.9 Å². The fourth-order valence-corrected chi connectivity index (χ4v) is 2.02. The van der Waals surface area contributed by atoms with Gasteiger partial charge in [0.15, 0.2) is 0 Å². The molecule has 0 unspecified atom stereocenters. The topological polar surface area (TPSA) is 59.8 Å². The fourth-order valence-electron chi connectivity index (χ4n) is 2.02. The van der Waals surface area contributed by atoms with Crippen LogP contribution in [0.25, 0.3) is 0 Å². The van der Waals surface area contributed by atoms with Crippen molar-refractivity contribution in [3.05, 3.63) is 52.8 Å². The van der Waals surface area contributed by atoms with E-state index >= 15 is 0 Å². The highest BCUT2D eigenvalue weighted by Crippen LogP contribution is 2.10. The number of aryl methyl sites for hydroxylation is 1. The van der Waals surface area contributed by atoms with Crippen molar-refractivity contribution in [3.63, 3.8) is 0 Å². The molecule has 2 aromatic heterocycles. The van der Waals surface area contributed by atoms with Gasteiger partial charge in [0, 0.05) is 37.5 Å². The summed E-state index contributed by atoms with van der Waals surface area (Å²) in [6.45, 7) is 5.76. The summed E-state index contributed by atoms with van der Waals surface area (Å²) in [4.78, 5) is 20.2. The van der Waals surface area contributed by atoms with Crippen LogP contribution in [0.5, 0.6) is 0 Å². The molecule has 2 aromatic rings. The Balaban J connectivity index is 1.74. The predicted molar refractivity (Wildman–Crippen MR) is 84.5 cm³/mol. The molecule has 0 atom stereocenters. The number of nitrogens with one attached hydrogen (secondary N) is 1.